The third-order valence-electron chi connectivity index (χ3n) is 3.72. The van der Waals surface area contributed by atoms with E-state index in [9.17, 15) is 5.11 Å². The van der Waals surface area contributed by atoms with Crippen LogP contribution in [-0.4, -0.2) is 5.11 Å². The molecule has 0 amide bonds. The lowest BCUT2D eigenvalue weighted by Crippen LogP contribution is -2.03. The summed E-state index contributed by atoms with van der Waals surface area (Å²) < 4.78 is 0.828. The smallest absolute Gasteiger partial charge is 0.105 e. The van der Waals surface area contributed by atoms with Crippen LogP contribution in [0.5, 0.6) is 0 Å². The average Bonchev–Trinajstić information content (AvgIpc) is 2.49. The first kappa shape index (κ1) is 14.6. The molecule has 3 aromatic carbocycles. The SMILES string of the molecule is Cc1ccc2ccccc2c1C(O)c1ccc(Br)c(Cl)c1. The fourth-order valence-corrected chi connectivity index (χ4v) is 3.05. The van der Waals surface area contributed by atoms with Crippen LogP contribution in [0.25, 0.3) is 10.8 Å². The van der Waals surface area contributed by atoms with Crippen molar-refractivity contribution in [1.29, 1.82) is 0 Å². The van der Waals surface area contributed by atoms with Crippen LogP contribution in [-0.2, 0) is 0 Å². The van der Waals surface area contributed by atoms with Crippen molar-refractivity contribution in [3.63, 3.8) is 0 Å². The number of hydrogen-bond acceptors (Lipinski definition) is 1. The van der Waals surface area contributed by atoms with Gasteiger partial charge in [0.2, 0.25) is 0 Å². The van der Waals surface area contributed by atoms with Crippen LogP contribution in [0.1, 0.15) is 22.8 Å². The van der Waals surface area contributed by atoms with E-state index in [1.54, 1.807) is 6.07 Å². The molecule has 106 valence electrons. The predicted molar refractivity (Wildman–Crippen MR) is 91.9 cm³/mol. The fourth-order valence-electron chi connectivity index (χ4n) is 2.62. The Morgan fingerprint density at radius 1 is 1.05 bits per heavy atom. The highest BCUT2D eigenvalue weighted by molar-refractivity contribution is 9.10. The first-order valence-corrected chi connectivity index (χ1v) is 7.86. The molecule has 0 aliphatic carbocycles. The van der Waals surface area contributed by atoms with Crippen molar-refractivity contribution in [3.05, 3.63) is 80.8 Å². The van der Waals surface area contributed by atoms with Gasteiger partial charge in [0.1, 0.15) is 6.10 Å². The standard InChI is InChI=1S/C18H14BrClO/c1-11-6-7-12-4-2-3-5-14(12)17(11)18(21)13-8-9-15(19)16(20)10-13/h2-10,18,21H,1H3. The molecule has 1 atom stereocenters. The van der Waals surface area contributed by atoms with Gasteiger partial charge in [-0.25, -0.2) is 0 Å². The first-order chi connectivity index (χ1) is 10.1. The Balaban J connectivity index is 2.19. The van der Waals surface area contributed by atoms with E-state index in [0.29, 0.717) is 5.02 Å². The molecule has 0 spiro atoms. The van der Waals surface area contributed by atoms with Gasteiger partial charge in [-0.15, -0.1) is 0 Å². The summed E-state index contributed by atoms with van der Waals surface area (Å²) in [6.07, 6.45) is -0.693. The summed E-state index contributed by atoms with van der Waals surface area (Å²) in [6, 6.07) is 17.8. The van der Waals surface area contributed by atoms with Crippen LogP contribution in [0, 0.1) is 6.92 Å². The van der Waals surface area contributed by atoms with Gasteiger partial charge in [-0.3, -0.25) is 0 Å². The number of rotatable bonds is 2. The van der Waals surface area contributed by atoms with Crippen LogP contribution in [0.3, 0.4) is 0 Å². The third-order valence-corrected chi connectivity index (χ3v) is 4.95. The van der Waals surface area contributed by atoms with Crippen molar-refractivity contribution in [2.24, 2.45) is 0 Å². The summed E-state index contributed by atoms with van der Waals surface area (Å²) in [4.78, 5) is 0. The number of hydrogen-bond donors (Lipinski definition) is 1. The Morgan fingerprint density at radius 3 is 2.57 bits per heavy atom. The van der Waals surface area contributed by atoms with Crippen molar-refractivity contribution >= 4 is 38.3 Å². The molecular weight excluding hydrogens is 348 g/mol. The molecule has 0 heterocycles. The van der Waals surface area contributed by atoms with Gasteiger partial charge >= 0.3 is 0 Å². The maximum Gasteiger partial charge on any atom is 0.105 e. The van der Waals surface area contributed by atoms with E-state index in [1.807, 2.05) is 43.3 Å². The van der Waals surface area contributed by atoms with Gasteiger partial charge in [0.15, 0.2) is 0 Å². The van der Waals surface area contributed by atoms with E-state index in [0.717, 1.165) is 31.9 Å². The maximum atomic E-state index is 10.8. The highest BCUT2D eigenvalue weighted by atomic mass is 79.9. The fraction of sp³-hybridized carbons (Fsp3) is 0.111. The van der Waals surface area contributed by atoms with Crippen molar-refractivity contribution in [2.75, 3.05) is 0 Å². The molecule has 21 heavy (non-hydrogen) atoms. The van der Waals surface area contributed by atoms with E-state index in [4.69, 9.17) is 11.6 Å². The number of aryl methyl sites for hydroxylation is 1. The lowest BCUT2D eigenvalue weighted by molar-refractivity contribution is 0.221. The molecule has 0 aromatic heterocycles. The number of benzene rings is 3. The summed E-state index contributed by atoms with van der Waals surface area (Å²) in [6.45, 7) is 2.02. The Morgan fingerprint density at radius 2 is 1.81 bits per heavy atom. The largest absolute Gasteiger partial charge is 0.384 e. The van der Waals surface area contributed by atoms with Crippen LogP contribution < -0.4 is 0 Å². The van der Waals surface area contributed by atoms with E-state index >= 15 is 0 Å². The lowest BCUT2D eigenvalue weighted by Gasteiger charge is -2.17. The zero-order valence-corrected chi connectivity index (χ0v) is 13.8. The van der Waals surface area contributed by atoms with Gasteiger partial charge < -0.3 is 5.11 Å². The number of fused-ring (bicyclic) bond motifs is 1. The molecule has 3 aromatic rings. The monoisotopic (exact) mass is 360 g/mol. The zero-order chi connectivity index (χ0) is 15.0. The van der Waals surface area contributed by atoms with Crippen LogP contribution in [0.2, 0.25) is 5.02 Å². The lowest BCUT2D eigenvalue weighted by atomic mass is 9.92. The molecule has 1 N–H and O–H groups in total. The van der Waals surface area contributed by atoms with Gasteiger partial charge in [0.25, 0.3) is 0 Å². The molecule has 0 aliphatic heterocycles. The molecule has 1 nitrogen and oxygen atoms in total. The Kier molecular flexibility index (Phi) is 4.03. The Hall–Kier alpha value is -1.35. The van der Waals surface area contributed by atoms with Crippen molar-refractivity contribution in [3.8, 4) is 0 Å². The third kappa shape index (κ3) is 2.71. The molecule has 1 unspecified atom stereocenters. The van der Waals surface area contributed by atoms with Gasteiger partial charge in [-0.2, -0.15) is 0 Å². The molecule has 0 radical (unpaired) electrons. The molecule has 3 heteroatoms. The number of aliphatic hydroxyl groups excluding tert-OH is 1. The highest BCUT2D eigenvalue weighted by Gasteiger charge is 2.17. The van der Waals surface area contributed by atoms with Gasteiger partial charge in [-0.05, 0) is 62.4 Å². The van der Waals surface area contributed by atoms with Crippen LogP contribution in [0.4, 0.5) is 0 Å². The molecule has 0 fully saturated rings. The Labute approximate surface area is 137 Å². The van der Waals surface area contributed by atoms with Crippen molar-refractivity contribution in [1.82, 2.24) is 0 Å². The average molecular weight is 362 g/mol. The molecular formula is C18H14BrClO. The first-order valence-electron chi connectivity index (χ1n) is 6.69. The quantitative estimate of drug-likeness (QED) is 0.625. The molecule has 0 saturated carbocycles. The summed E-state index contributed by atoms with van der Waals surface area (Å²) in [5.41, 5.74) is 2.80. The van der Waals surface area contributed by atoms with Crippen molar-refractivity contribution in [2.45, 2.75) is 13.0 Å². The van der Waals surface area contributed by atoms with Crippen LogP contribution in [0.15, 0.2) is 59.1 Å². The maximum absolute atomic E-state index is 10.8. The van der Waals surface area contributed by atoms with Gasteiger partial charge in [0.05, 0.1) is 5.02 Å². The minimum Gasteiger partial charge on any atom is -0.384 e. The molecule has 3 rings (SSSR count). The van der Waals surface area contributed by atoms with E-state index < -0.39 is 6.10 Å². The summed E-state index contributed by atoms with van der Waals surface area (Å²) in [5, 5.41) is 13.6. The topological polar surface area (TPSA) is 20.2 Å². The zero-order valence-electron chi connectivity index (χ0n) is 11.5. The Bertz CT molecular complexity index is 813. The second kappa shape index (κ2) is 5.80. The van der Waals surface area contributed by atoms with Gasteiger partial charge in [-0.1, -0.05) is 54.1 Å². The second-order valence-corrected chi connectivity index (χ2v) is 6.35. The minimum atomic E-state index is -0.693. The van der Waals surface area contributed by atoms with Crippen LogP contribution >= 0.6 is 27.5 Å². The van der Waals surface area contributed by atoms with Crippen molar-refractivity contribution < 1.29 is 5.11 Å². The normalized spacial score (nSPS) is 12.6. The summed E-state index contributed by atoms with van der Waals surface area (Å²) >= 11 is 9.52. The van der Waals surface area contributed by atoms with Gasteiger partial charge in [0, 0.05) is 4.47 Å². The second-order valence-electron chi connectivity index (χ2n) is 5.09. The van der Waals surface area contributed by atoms with E-state index in [2.05, 4.69) is 28.1 Å². The predicted octanol–water partition coefficient (Wildman–Crippen LogP) is 5.65. The summed E-state index contributed by atoms with van der Waals surface area (Å²) in [7, 11) is 0. The highest BCUT2D eigenvalue weighted by Crippen LogP contribution is 2.34. The van der Waals surface area contributed by atoms with E-state index in [-0.39, 0.29) is 0 Å². The summed E-state index contributed by atoms with van der Waals surface area (Å²) in [5.74, 6) is 0. The molecule has 0 bridgehead atoms. The molecule has 0 aliphatic rings. The number of aliphatic hydroxyl groups is 1. The number of halogens is 2. The van der Waals surface area contributed by atoms with E-state index in [1.165, 1.54) is 0 Å². The minimum absolute atomic E-state index is 0.601. The molecule has 0 saturated heterocycles.